The van der Waals surface area contributed by atoms with Crippen molar-refractivity contribution in [3.63, 3.8) is 0 Å². The van der Waals surface area contributed by atoms with Crippen molar-refractivity contribution in [2.24, 2.45) is 0 Å². The van der Waals surface area contributed by atoms with Gasteiger partial charge in [-0.05, 0) is 20.3 Å². The van der Waals surface area contributed by atoms with Crippen LogP contribution in [0.2, 0.25) is 0 Å². The maximum absolute atomic E-state index is 12.1. The van der Waals surface area contributed by atoms with Gasteiger partial charge in [0.25, 0.3) is 0 Å². The Morgan fingerprint density at radius 1 is 1.18 bits per heavy atom. The van der Waals surface area contributed by atoms with Gasteiger partial charge in [-0.1, -0.05) is 18.5 Å². The highest BCUT2D eigenvalue weighted by Gasteiger charge is 2.25. The van der Waals surface area contributed by atoms with E-state index in [1.165, 1.54) is 0 Å². The molecule has 2 atom stereocenters. The normalized spacial score (nSPS) is 15.5. The molecule has 2 unspecified atom stereocenters. The molecular formula is C18H36N2O7P+. The predicted molar refractivity (Wildman–Crippen MR) is 105 cm³/mol. The Labute approximate surface area is 168 Å². The molecule has 0 aliphatic heterocycles. The van der Waals surface area contributed by atoms with Crippen LogP contribution in [-0.2, 0) is 29.7 Å². The van der Waals surface area contributed by atoms with Crippen molar-refractivity contribution in [2.75, 3.05) is 54.1 Å². The quantitative estimate of drug-likeness (QED) is 0.261. The van der Waals surface area contributed by atoms with Crippen LogP contribution in [-0.4, -0.2) is 74.8 Å². The highest BCUT2D eigenvalue weighted by atomic mass is 31.2. The van der Waals surface area contributed by atoms with Crippen LogP contribution in [0.4, 0.5) is 0 Å². The van der Waals surface area contributed by atoms with Crippen LogP contribution in [0.1, 0.15) is 36.8 Å². The molecule has 0 amide bonds. The molecule has 0 radical (unpaired) electrons. The smallest absolute Gasteiger partial charge is 0.374 e. The summed E-state index contributed by atoms with van der Waals surface area (Å²) >= 11 is 0. The first-order valence-electron chi connectivity index (χ1n) is 9.57. The summed E-state index contributed by atoms with van der Waals surface area (Å²) in [7, 11) is 1.78. The molecule has 28 heavy (non-hydrogen) atoms. The summed E-state index contributed by atoms with van der Waals surface area (Å²) in [5, 5.41) is 3.89. The van der Waals surface area contributed by atoms with Gasteiger partial charge in [0.05, 0.1) is 46.7 Å². The number of hydrogen-bond acceptors (Lipinski definition) is 7. The van der Waals surface area contributed by atoms with Crippen LogP contribution in [0.5, 0.6) is 0 Å². The summed E-state index contributed by atoms with van der Waals surface area (Å²) in [5.74, 6) is 0.711. The van der Waals surface area contributed by atoms with Gasteiger partial charge in [0, 0.05) is 12.2 Å². The number of phosphoric acid groups is 1. The average Bonchev–Trinajstić information content (AvgIpc) is 2.90. The van der Waals surface area contributed by atoms with E-state index in [1.807, 2.05) is 35.0 Å². The monoisotopic (exact) mass is 423 g/mol. The fraction of sp³-hybridized carbons (Fsp3) is 0.833. The average molecular weight is 423 g/mol. The first kappa shape index (κ1) is 25.2. The number of unbranched alkanes of at least 4 members (excludes halogenated alkanes) is 1. The highest BCUT2D eigenvalue weighted by Crippen LogP contribution is 2.43. The molecule has 0 aliphatic rings. The first-order valence-corrected chi connectivity index (χ1v) is 11.1. The zero-order chi connectivity index (χ0) is 21.2. The Morgan fingerprint density at radius 3 is 2.46 bits per heavy atom. The van der Waals surface area contributed by atoms with Gasteiger partial charge in [-0.15, -0.1) is 0 Å². The van der Waals surface area contributed by atoms with Crippen molar-refractivity contribution in [3.05, 3.63) is 17.0 Å². The third-order valence-corrected chi connectivity index (χ3v) is 5.01. The molecule has 0 saturated heterocycles. The molecule has 1 heterocycles. The van der Waals surface area contributed by atoms with E-state index in [0.29, 0.717) is 30.0 Å². The van der Waals surface area contributed by atoms with Gasteiger partial charge in [0.2, 0.25) is 0 Å². The van der Waals surface area contributed by atoms with Gasteiger partial charge in [-0.25, -0.2) is 4.57 Å². The van der Waals surface area contributed by atoms with E-state index in [0.717, 1.165) is 24.1 Å². The Hall–Kier alpha value is -0.800. The van der Waals surface area contributed by atoms with Crippen molar-refractivity contribution < 1.29 is 37.0 Å². The number of phosphoric ester groups is 1. The van der Waals surface area contributed by atoms with Crippen molar-refractivity contribution in [2.45, 2.75) is 46.3 Å². The zero-order valence-corrected chi connectivity index (χ0v) is 18.9. The molecule has 0 bridgehead atoms. The van der Waals surface area contributed by atoms with Gasteiger partial charge >= 0.3 is 7.82 Å². The lowest BCUT2D eigenvalue weighted by molar-refractivity contribution is -0.870. The number of likely N-dealkylation sites (N-methyl/N-ethyl adjacent to an activating group) is 1. The van der Waals surface area contributed by atoms with Crippen LogP contribution in [0, 0.1) is 13.8 Å². The summed E-state index contributed by atoms with van der Waals surface area (Å²) in [6, 6.07) is 0. The lowest BCUT2D eigenvalue weighted by atomic mass is 10.2. The number of nitrogens with zero attached hydrogens (tertiary/aromatic N) is 2. The Morgan fingerprint density at radius 2 is 1.89 bits per heavy atom. The third-order valence-electron chi connectivity index (χ3n) is 4.02. The molecule has 0 aliphatic carbocycles. The number of aryl methyl sites for hydroxylation is 2. The van der Waals surface area contributed by atoms with Crippen LogP contribution in [0.3, 0.4) is 0 Å². The molecule has 0 fully saturated rings. The molecule has 1 aromatic rings. The number of hydrogen-bond donors (Lipinski definition) is 1. The molecule has 164 valence electrons. The third kappa shape index (κ3) is 10.7. The van der Waals surface area contributed by atoms with Crippen LogP contribution in [0.15, 0.2) is 4.52 Å². The second kappa shape index (κ2) is 12.0. The van der Waals surface area contributed by atoms with Crippen LogP contribution >= 0.6 is 7.82 Å². The molecular weight excluding hydrogens is 387 g/mol. The second-order valence-corrected chi connectivity index (χ2v) is 9.23. The number of quaternary nitrogens is 1. The Balaban J connectivity index is 2.48. The Kier molecular flexibility index (Phi) is 10.8. The standard InChI is InChI=1S/C18H35N2O7P/c1-7-8-10-24-17(12-23-14-18-15(2)19-27-16(18)3)13-26-28(21,22)25-11-9-20(4,5)6/h17H,7-14H2,1-6H3/p+1. The van der Waals surface area contributed by atoms with Crippen molar-refractivity contribution in [3.8, 4) is 0 Å². The topological polar surface area (TPSA) is 100 Å². The van der Waals surface area contributed by atoms with Gasteiger partial charge in [0.1, 0.15) is 25.0 Å². The maximum atomic E-state index is 12.1. The SMILES string of the molecule is CCCCOC(COCc1c(C)noc1C)COP(=O)(O)OCC[N+](C)(C)C. The molecule has 9 nitrogen and oxygen atoms in total. The largest absolute Gasteiger partial charge is 0.472 e. The molecule has 0 spiro atoms. The van der Waals surface area contributed by atoms with Gasteiger partial charge < -0.3 is 23.4 Å². The van der Waals surface area contributed by atoms with Gasteiger partial charge in [-0.3, -0.25) is 9.05 Å². The number of rotatable bonds is 15. The van der Waals surface area contributed by atoms with Crippen molar-refractivity contribution >= 4 is 7.82 Å². The first-order chi connectivity index (χ1) is 13.0. The summed E-state index contributed by atoms with van der Waals surface area (Å²) in [5.41, 5.74) is 1.67. The minimum atomic E-state index is -4.14. The molecule has 0 saturated carbocycles. The lowest BCUT2D eigenvalue weighted by Crippen LogP contribution is -2.37. The van der Waals surface area contributed by atoms with Gasteiger partial charge in [0.15, 0.2) is 0 Å². The summed E-state index contributed by atoms with van der Waals surface area (Å²) in [6.07, 6.45) is 1.40. The fourth-order valence-electron chi connectivity index (χ4n) is 2.18. The van der Waals surface area contributed by atoms with E-state index in [2.05, 4.69) is 12.1 Å². The van der Waals surface area contributed by atoms with E-state index < -0.39 is 13.9 Å². The lowest BCUT2D eigenvalue weighted by Gasteiger charge is -2.24. The molecule has 1 N–H and O–H groups in total. The zero-order valence-electron chi connectivity index (χ0n) is 18.0. The highest BCUT2D eigenvalue weighted by molar-refractivity contribution is 7.47. The van der Waals surface area contributed by atoms with E-state index in [1.54, 1.807) is 0 Å². The Bertz CT molecular complexity index is 596. The summed E-state index contributed by atoms with van der Waals surface area (Å²) < 4.78 is 39.4. The summed E-state index contributed by atoms with van der Waals surface area (Å²) in [4.78, 5) is 9.87. The molecule has 10 heteroatoms. The van der Waals surface area contributed by atoms with E-state index in [4.69, 9.17) is 23.0 Å². The second-order valence-electron chi connectivity index (χ2n) is 7.78. The van der Waals surface area contributed by atoms with Crippen LogP contribution < -0.4 is 0 Å². The summed E-state index contributed by atoms with van der Waals surface area (Å²) in [6.45, 7) is 7.42. The van der Waals surface area contributed by atoms with Crippen LogP contribution in [0.25, 0.3) is 0 Å². The van der Waals surface area contributed by atoms with Crippen molar-refractivity contribution in [1.29, 1.82) is 0 Å². The van der Waals surface area contributed by atoms with E-state index >= 15 is 0 Å². The minimum absolute atomic E-state index is 0.0938. The number of aromatic nitrogens is 1. The minimum Gasteiger partial charge on any atom is -0.374 e. The predicted octanol–water partition coefficient (Wildman–Crippen LogP) is 2.83. The fourth-order valence-corrected chi connectivity index (χ4v) is 2.93. The molecule has 0 aromatic carbocycles. The van der Waals surface area contributed by atoms with Crippen molar-refractivity contribution in [1.82, 2.24) is 5.16 Å². The van der Waals surface area contributed by atoms with E-state index in [-0.39, 0.29) is 19.8 Å². The maximum Gasteiger partial charge on any atom is 0.472 e. The van der Waals surface area contributed by atoms with E-state index in [9.17, 15) is 9.46 Å². The molecule has 1 aromatic heterocycles. The van der Waals surface area contributed by atoms with Gasteiger partial charge in [-0.2, -0.15) is 0 Å². The number of ether oxygens (including phenoxy) is 2. The molecule has 1 rings (SSSR count).